The number of nitrogens with zero attached hydrogens (tertiary/aromatic N) is 2. The molecule has 0 amide bonds. The second-order valence-electron chi connectivity index (χ2n) is 4.81. The molecule has 0 aliphatic rings. The standard InChI is InChI=1S/C16H20BrN3/c1-3-20(16-15(17)8-12(2)10-19-16)11-14-7-5-4-6-13(14)9-18/h4-8,10H,3,9,11,18H2,1-2H3. The Balaban J connectivity index is 2.29. The highest BCUT2D eigenvalue weighted by Crippen LogP contribution is 2.26. The van der Waals surface area contributed by atoms with E-state index in [-0.39, 0.29) is 0 Å². The van der Waals surface area contributed by atoms with Gasteiger partial charge in [0.15, 0.2) is 0 Å². The van der Waals surface area contributed by atoms with E-state index < -0.39 is 0 Å². The lowest BCUT2D eigenvalue weighted by Gasteiger charge is -2.24. The number of benzene rings is 1. The summed E-state index contributed by atoms with van der Waals surface area (Å²) in [6.45, 7) is 6.46. The fourth-order valence-corrected chi connectivity index (χ4v) is 2.93. The highest BCUT2D eigenvalue weighted by Gasteiger charge is 2.12. The zero-order chi connectivity index (χ0) is 14.5. The van der Waals surface area contributed by atoms with Crippen LogP contribution in [0.3, 0.4) is 0 Å². The molecule has 0 aliphatic heterocycles. The summed E-state index contributed by atoms with van der Waals surface area (Å²) in [5, 5.41) is 0. The van der Waals surface area contributed by atoms with E-state index >= 15 is 0 Å². The predicted octanol–water partition coefficient (Wildman–Crippen LogP) is 3.64. The summed E-state index contributed by atoms with van der Waals surface area (Å²) in [7, 11) is 0. The maximum absolute atomic E-state index is 5.81. The predicted molar refractivity (Wildman–Crippen MR) is 87.7 cm³/mol. The second-order valence-corrected chi connectivity index (χ2v) is 5.66. The summed E-state index contributed by atoms with van der Waals surface area (Å²) >= 11 is 3.61. The smallest absolute Gasteiger partial charge is 0.143 e. The summed E-state index contributed by atoms with van der Waals surface area (Å²) in [6.07, 6.45) is 1.90. The van der Waals surface area contributed by atoms with Crippen LogP contribution in [0.2, 0.25) is 0 Å². The maximum Gasteiger partial charge on any atom is 0.143 e. The monoisotopic (exact) mass is 333 g/mol. The zero-order valence-electron chi connectivity index (χ0n) is 11.9. The van der Waals surface area contributed by atoms with Gasteiger partial charge in [-0.25, -0.2) is 4.98 Å². The normalized spacial score (nSPS) is 10.6. The molecule has 0 aliphatic carbocycles. The number of aryl methyl sites for hydroxylation is 1. The number of hydrogen-bond acceptors (Lipinski definition) is 3. The molecule has 0 unspecified atom stereocenters. The van der Waals surface area contributed by atoms with Crippen molar-refractivity contribution in [3.05, 3.63) is 57.7 Å². The minimum atomic E-state index is 0.566. The lowest BCUT2D eigenvalue weighted by molar-refractivity contribution is 0.800. The third-order valence-corrected chi connectivity index (χ3v) is 3.92. The lowest BCUT2D eigenvalue weighted by Crippen LogP contribution is -2.24. The SMILES string of the molecule is CCN(Cc1ccccc1CN)c1ncc(C)cc1Br. The van der Waals surface area contributed by atoms with Crippen LogP contribution >= 0.6 is 15.9 Å². The number of hydrogen-bond donors (Lipinski definition) is 1. The first-order valence-electron chi connectivity index (χ1n) is 6.79. The van der Waals surface area contributed by atoms with Crippen molar-refractivity contribution in [3.8, 4) is 0 Å². The Morgan fingerprint density at radius 2 is 1.95 bits per heavy atom. The van der Waals surface area contributed by atoms with Crippen molar-refractivity contribution < 1.29 is 0 Å². The lowest BCUT2D eigenvalue weighted by atomic mass is 10.1. The van der Waals surface area contributed by atoms with E-state index in [1.807, 2.05) is 19.2 Å². The Morgan fingerprint density at radius 1 is 1.25 bits per heavy atom. The van der Waals surface area contributed by atoms with Crippen molar-refractivity contribution in [2.45, 2.75) is 26.9 Å². The van der Waals surface area contributed by atoms with Gasteiger partial charge in [0.05, 0.1) is 4.47 Å². The van der Waals surface area contributed by atoms with Crippen LogP contribution in [0.5, 0.6) is 0 Å². The van der Waals surface area contributed by atoms with E-state index in [0.29, 0.717) is 6.54 Å². The molecule has 2 aromatic rings. The van der Waals surface area contributed by atoms with Crippen molar-refractivity contribution in [3.63, 3.8) is 0 Å². The largest absolute Gasteiger partial charge is 0.352 e. The third-order valence-electron chi connectivity index (χ3n) is 3.34. The van der Waals surface area contributed by atoms with E-state index in [4.69, 9.17) is 5.73 Å². The average Bonchev–Trinajstić information content (AvgIpc) is 2.46. The molecule has 4 heteroatoms. The van der Waals surface area contributed by atoms with Gasteiger partial charge in [0, 0.05) is 25.8 Å². The molecule has 20 heavy (non-hydrogen) atoms. The van der Waals surface area contributed by atoms with Gasteiger partial charge < -0.3 is 10.6 Å². The van der Waals surface area contributed by atoms with E-state index in [1.165, 1.54) is 11.1 Å². The van der Waals surface area contributed by atoms with Crippen LogP contribution < -0.4 is 10.6 Å². The molecule has 0 saturated heterocycles. The van der Waals surface area contributed by atoms with Crippen LogP contribution in [0.25, 0.3) is 0 Å². The first-order valence-corrected chi connectivity index (χ1v) is 7.59. The zero-order valence-corrected chi connectivity index (χ0v) is 13.5. The Morgan fingerprint density at radius 3 is 2.55 bits per heavy atom. The molecule has 2 N–H and O–H groups in total. The quantitative estimate of drug-likeness (QED) is 0.908. The van der Waals surface area contributed by atoms with Gasteiger partial charge >= 0.3 is 0 Å². The summed E-state index contributed by atoms with van der Waals surface area (Å²) in [6, 6.07) is 10.4. The van der Waals surface area contributed by atoms with Crippen LogP contribution in [0.1, 0.15) is 23.6 Å². The van der Waals surface area contributed by atoms with Gasteiger partial charge in [0.2, 0.25) is 0 Å². The Kier molecular flexibility index (Phi) is 5.15. The molecule has 0 radical (unpaired) electrons. The summed E-state index contributed by atoms with van der Waals surface area (Å²) in [5.41, 5.74) is 9.41. The highest BCUT2D eigenvalue weighted by atomic mass is 79.9. The molecule has 3 nitrogen and oxygen atoms in total. The Labute approximate surface area is 129 Å². The molecule has 0 fully saturated rings. The number of aromatic nitrogens is 1. The van der Waals surface area contributed by atoms with Crippen LogP contribution in [0.15, 0.2) is 41.0 Å². The number of anilines is 1. The molecular formula is C16H20BrN3. The van der Waals surface area contributed by atoms with E-state index in [2.05, 4.69) is 57.0 Å². The van der Waals surface area contributed by atoms with Crippen molar-refractivity contribution in [1.29, 1.82) is 0 Å². The molecule has 2 rings (SSSR count). The van der Waals surface area contributed by atoms with Gasteiger partial charge in [-0.15, -0.1) is 0 Å². The van der Waals surface area contributed by atoms with Crippen molar-refractivity contribution >= 4 is 21.7 Å². The van der Waals surface area contributed by atoms with Crippen LogP contribution in [-0.2, 0) is 13.1 Å². The van der Waals surface area contributed by atoms with Gasteiger partial charge in [-0.3, -0.25) is 0 Å². The van der Waals surface area contributed by atoms with Gasteiger partial charge in [-0.05, 0) is 52.5 Å². The minimum Gasteiger partial charge on any atom is -0.352 e. The summed E-state index contributed by atoms with van der Waals surface area (Å²) < 4.78 is 1.03. The maximum atomic E-state index is 5.81. The molecular weight excluding hydrogens is 314 g/mol. The van der Waals surface area contributed by atoms with E-state index in [1.54, 1.807) is 0 Å². The summed E-state index contributed by atoms with van der Waals surface area (Å²) in [5.74, 6) is 0.977. The second kappa shape index (κ2) is 6.86. The van der Waals surface area contributed by atoms with Crippen LogP contribution in [0, 0.1) is 6.92 Å². The van der Waals surface area contributed by atoms with Crippen LogP contribution in [-0.4, -0.2) is 11.5 Å². The number of pyridine rings is 1. The minimum absolute atomic E-state index is 0.566. The number of rotatable bonds is 5. The van der Waals surface area contributed by atoms with Gasteiger partial charge in [0.25, 0.3) is 0 Å². The number of nitrogens with two attached hydrogens (primary N) is 1. The average molecular weight is 334 g/mol. The van der Waals surface area contributed by atoms with Crippen molar-refractivity contribution in [1.82, 2.24) is 4.98 Å². The van der Waals surface area contributed by atoms with E-state index in [0.717, 1.165) is 28.9 Å². The molecule has 0 atom stereocenters. The molecule has 0 saturated carbocycles. The molecule has 106 valence electrons. The van der Waals surface area contributed by atoms with Crippen molar-refractivity contribution in [2.24, 2.45) is 5.73 Å². The molecule has 0 bridgehead atoms. The van der Waals surface area contributed by atoms with Crippen molar-refractivity contribution in [2.75, 3.05) is 11.4 Å². The fraction of sp³-hybridized carbons (Fsp3) is 0.312. The van der Waals surface area contributed by atoms with Gasteiger partial charge in [-0.2, -0.15) is 0 Å². The first-order chi connectivity index (χ1) is 9.65. The molecule has 0 spiro atoms. The van der Waals surface area contributed by atoms with Gasteiger partial charge in [-0.1, -0.05) is 24.3 Å². The molecule has 1 aromatic heterocycles. The highest BCUT2D eigenvalue weighted by molar-refractivity contribution is 9.10. The Bertz CT molecular complexity index is 584. The topological polar surface area (TPSA) is 42.1 Å². The third kappa shape index (κ3) is 3.38. The number of halogens is 1. The van der Waals surface area contributed by atoms with E-state index in [9.17, 15) is 0 Å². The first kappa shape index (κ1) is 15.0. The molecule has 1 aromatic carbocycles. The summed E-state index contributed by atoms with van der Waals surface area (Å²) in [4.78, 5) is 6.80. The van der Waals surface area contributed by atoms with Gasteiger partial charge in [0.1, 0.15) is 5.82 Å². The fourth-order valence-electron chi connectivity index (χ4n) is 2.21. The van der Waals surface area contributed by atoms with Crippen LogP contribution in [0.4, 0.5) is 5.82 Å². The molecule has 1 heterocycles. The Hall–Kier alpha value is -1.39.